The van der Waals surface area contributed by atoms with Crippen LogP contribution in [-0.4, -0.2) is 43.1 Å². The lowest BCUT2D eigenvalue weighted by molar-refractivity contribution is -0.118. The van der Waals surface area contributed by atoms with Gasteiger partial charge in [-0.3, -0.25) is 4.99 Å². The molecule has 1 heterocycles. The van der Waals surface area contributed by atoms with E-state index in [-0.39, 0.29) is 0 Å². The number of rotatable bonds is 10. The molecule has 0 amide bonds. The van der Waals surface area contributed by atoms with Gasteiger partial charge in [-0.05, 0) is 130 Å². The maximum absolute atomic E-state index is 6.19. The van der Waals surface area contributed by atoms with Gasteiger partial charge >= 0.3 is 0 Å². The maximum atomic E-state index is 6.19. The Morgan fingerprint density at radius 2 is 1.79 bits per heavy atom. The minimum Gasteiger partial charge on any atom is -0.370 e. The first-order valence-corrected chi connectivity index (χ1v) is 17.1. The highest BCUT2D eigenvalue weighted by molar-refractivity contribution is 5.78. The Kier molecular flexibility index (Phi) is 9.38. The summed E-state index contributed by atoms with van der Waals surface area (Å²) in [7, 11) is 0. The summed E-state index contributed by atoms with van der Waals surface area (Å²) in [5.41, 5.74) is 7.42. The van der Waals surface area contributed by atoms with E-state index >= 15 is 0 Å². The van der Waals surface area contributed by atoms with E-state index in [1.54, 1.807) is 0 Å². The first-order valence-electron chi connectivity index (χ1n) is 17.1. The van der Waals surface area contributed by atoms with Gasteiger partial charge in [0, 0.05) is 25.7 Å². The number of nitrogens with one attached hydrogen (secondary N) is 1. The molecule has 4 unspecified atom stereocenters. The van der Waals surface area contributed by atoms with Crippen molar-refractivity contribution in [2.24, 2.45) is 57.1 Å². The molecule has 0 aromatic rings. The maximum Gasteiger partial charge on any atom is 0.191 e. The Hall–Kier alpha value is -0.770. The third-order valence-corrected chi connectivity index (χ3v) is 13.2. The van der Waals surface area contributed by atoms with Gasteiger partial charge in [-0.2, -0.15) is 0 Å². The van der Waals surface area contributed by atoms with Crippen LogP contribution in [-0.2, 0) is 0 Å². The number of guanidine groups is 1. The van der Waals surface area contributed by atoms with Gasteiger partial charge in [-0.25, -0.2) is 0 Å². The van der Waals surface area contributed by atoms with E-state index in [1.165, 1.54) is 103 Å². The normalized spacial score (nSPS) is 42.0. The Morgan fingerprint density at radius 3 is 2.63 bits per heavy atom. The van der Waals surface area contributed by atoms with Gasteiger partial charge in [0.25, 0.3) is 0 Å². The van der Waals surface area contributed by atoms with Crippen molar-refractivity contribution in [3.63, 3.8) is 0 Å². The molecule has 4 nitrogen and oxygen atoms in total. The van der Waals surface area contributed by atoms with Crippen molar-refractivity contribution in [1.29, 1.82) is 0 Å². The van der Waals surface area contributed by atoms with Crippen LogP contribution in [0.3, 0.4) is 0 Å². The summed E-state index contributed by atoms with van der Waals surface area (Å²) in [4.78, 5) is 6.82. The van der Waals surface area contributed by atoms with Gasteiger partial charge in [-0.1, -0.05) is 53.4 Å². The topological polar surface area (TPSA) is 53.6 Å². The number of hydrogen-bond acceptors (Lipinski definition) is 4. The lowest BCUT2D eigenvalue weighted by Gasteiger charge is -2.61. The number of hydrogen-bond donors (Lipinski definition) is 2. The zero-order chi connectivity index (χ0) is 26.8. The molecular formula is C34H62N4. The highest BCUT2D eigenvalue weighted by Crippen LogP contribution is 2.68. The zero-order valence-corrected chi connectivity index (χ0v) is 25.7. The van der Waals surface area contributed by atoms with Gasteiger partial charge in [-0.15, -0.1) is 0 Å². The van der Waals surface area contributed by atoms with Crippen LogP contribution in [0.25, 0.3) is 0 Å². The van der Waals surface area contributed by atoms with E-state index in [0.29, 0.717) is 10.8 Å². The minimum atomic E-state index is 0.601. The molecule has 9 atom stereocenters. The van der Waals surface area contributed by atoms with Crippen LogP contribution in [0.5, 0.6) is 0 Å². The summed E-state index contributed by atoms with van der Waals surface area (Å²) in [6.07, 6.45) is 22.7. The number of aliphatic imine (C=N–C) groups is 1. The highest BCUT2D eigenvalue weighted by Gasteiger charge is 2.60. The molecule has 0 aromatic heterocycles. The summed E-state index contributed by atoms with van der Waals surface area (Å²) in [5.74, 6) is 6.68. The predicted octanol–water partition coefficient (Wildman–Crippen LogP) is 7.62. The number of nitrogens with two attached hydrogens (primary N) is 1. The predicted molar refractivity (Wildman–Crippen MR) is 162 cm³/mol. The third kappa shape index (κ3) is 5.68. The van der Waals surface area contributed by atoms with Crippen molar-refractivity contribution in [3.05, 3.63) is 0 Å². The molecular weight excluding hydrogens is 464 g/mol. The quantitative estimate of drug-likeness (QED) is 0.288. The molecule has 4 heteroatoms. The van der Waals surface area contributed by atoms with E-state index in [0.717, 1.165) is 73.7 Å². The van der Waals surface area contributed by atoms with Gasteiger partial charge in [0.1, 0.15) is 0 Å². The second kappa shape index (κ2) is 12.4. The molecule has 5 rings (SSSR count). The number of fused-ring (bicyclic) bond motifs is 5. The molecule has 5 aliphatic rings. The molecule has 0 aromatic carbocycles. The largest absolute Gasteiger partial charge is 0.370 e. The Balaban J connectivity index is 1.12. The van der Waals surface area contributed by atoms with Gasteiger partial charge < -0.3 is 16.0 Å². The summed E-state index contributed by atoms with van der Waals surface area (Å²) in [6.45, 7) is 14.6. The van der Waals surface area contributed by atoms with Crippen LogP contribution in [0.4, 0.5) is 0 Å². The van der Waals surface area contributed by atoms with Gasteiger partial charge in [0.2, 0.25) is 0 Å². The SMILES string of the molecule is CCCCCC(C)[C@H]1CCC2C3CC[C@H]4C[C@@H](NCCCN5CCCCN=C5N)CC[C@]4(C)C3CC[C@@]21C. The van der Waals surface area contributed by atoms with Crippen LogP contribution < -0.4 is 11.1 Å². The first-order chi connectivity index (χ1) is 18.4. The van der Waals surface area contributed by atoms with Crippen LogP contribution in [0, 0.1) is 46.3 Å². The second-order valence-electron chi connectivity index (χ2n) is 15.1. The molecule has 4 aliphatic carbocycles. The van der Waals surface area contributed by atoms with E-state index in [4.69, 9.17) is 5.73 Å². The van der Waals surface area contributed by atoms with E-state index in [1.807, 2.05) is 0 Å². The first kappa shape index (κ1) is 28.7. The highest BCUT2D eigenvalue weighted by atomic mass is 15.3. The molecule has 38 heavy (non-hydrogen) atoms. The fourth-order valence-electron chi connectivity index (χ4n) is 11.0. The fraction of sp³-hybridized carbons (Fsp3) is 0.971. The fourth-order valence-corrected chi connectivity index (χ4v) is 11.0. The Labute approximate surface area is 235 Å². The summed E-state index contributed by atoms with van der Waals surface area (Å²) in [5, 5.41) is 3.99. The average molecular weight is 527 g/mol. The van der Waals surface area contributed by atoms with E-state index in [2.05, 4.69) is 42.9 Å². The smallest absolute Gasteiger partial charge is 0.191 e. The van der Waals surface area contributed by atoms with Crippen molar-refractivity contribution in [2.75, 3.05) is 26.2 Å². The average Bonchev–Trinajstić information content (AvgIpc) is 3.13. The van der Waals surface area contributed by atoms with Crippen LogP contribution in [0.15, 0.2) is 4.99 Å². The van der Waals surface area contributed by atoms with Crippen molar-refractivity contribution in [1.82, 2.24) is 10.2 Å². The standard InChI is InChI=1S/C34H62N4/c1-5-6-7-11-25(2)29-14-15-30-28-13-12-26-24-27(16-18-33(26,3)31(28)17-19-34(29,30)4)36-21-10-23-38-22-9-8-20-37-32(38)35/h25-31,36H,5-24H2,1-4H3,(H2,35,37)/t25?,26-,27-,28?,29+,30?,31?,33-,34+/m0/s1. The monoisotopic (exact) mass is 526 g/mol. The van der Waals surface area contributed by atoms with Crippen LogP contribution in [0.1, 0.15) is 130 Å². The van der Waals surface area contributed by atoms with Crippen molar-refractivity contribution in [2.45, 2.75) is 136 Å². The molecule has 0 radical (unpaired) electrons. The Bertz CT molecular complexity index is 795. The Morgan fingerprint density at radius 1 is 0.974 bits per heavy atom. The molecule has 4 saturated carbocycles. The number of nitrogens with zero attached hydrogens (tertiary/aromatic N) is 2. The van der Waals surface area contributed by atoms with Gasteiger partial charge in [0.15, 0.2) is 5.96 Å². The van der Waals surface area contributed by atoms with Crippen molar-refractivity contribution >= 4 is 5.96 Å². The number of unbranched alkanes of at least 4 members (excludes halogenated alkanes) is 2. The van der Waals surface area contributed by atoms with Crippen molar-refractivity contribution in [3.8, 4) is 0 Å². The van der Waals surface area contributed by atoms with E-state index in [9.17, 15) is 0 Å². The lowest BCUT2D eigenvalue weighted by Crippen LogP contribution is -2.55. The lowest BCUT2D eigenvalue weighted by atomic mass is 9.44. The van der Waals surface area contributed by atoms with Crippen LogP contribution in [0.2, 0.25) is 0 Å². The van der Waals surface area contributed by atoms with Crippen molar-refractivity contribution < 1.29 is 0 Å². The second-order valence-corrected chi connectivity index (χ2v) is 15.1. The molecule has 0 spiro atoms. The third-order valence-electron chi connectivity index (χ3n) is 13.2. The van der Waals surface area contributed by atoms with Gasteiger partial charge in [0.05, 0.1) is 0 Å². The molecule has 218 valence electrons. The molecule has 3 N–H and O–H groups in total. The summed E-state index contributed by atoms with van der Waals surface area (Å²) >= 11 is 0. The van der Waals surface area contributed by atoms with E-state index < -0.39 is 0 Å². The molecule has 0 bridgehead atoms. The minimum absolute atomic E-state index is 0.601. The van der Waals surface area contributed by atoms with Crippen LogP contribution >= 0.6 is 0 Å². The zero-order valence-electron chi connectivity index (χ0n) is 25.7. The molecule has 1 aliphatic heterocycles. The summed E-state index contributed by atoms with van der Waals surface area (Å²) in [6, 6.07) is 0.730. The molecule has 0 saturated heterocycles. The summed E-state index contributed by atoms with van der Waals surface area (Å²) < 4.78 is 0. The molecule has 4 fully saturated rings.